The summed E-state index contributed by atoms with van der Waals surface area (Å²) in [5.74, 6) is -2.34. The van der Waals surface area contributed by atoms with E-state index in [1.54, 1.807) is 0 Å². The molecule has 0 aliphatic heterocycles. The van der Waals surface area contributed by atoms with Crippen molar-refractivity contribution in [1.82, 2.24) is 4.31 Å². The Morgan fingerprint density at radius 3 is 2.32 bits per heavy atom. The highest BCUT2D eigenvalue weighted by Crippen LogP contribution is 2.31. The summed E-state index contributed by atoms with van der Waals surface area (Å²) in [5.41, 5.74) is 0. The fourth-order valence-electron chi connectivity index (χ4n) is 1.68. The van der Waals surface area contributed by atoms with Gasteiger partial charge in [-0.2, -0.15) is 4.31 Å². The Balaban J connectivity index is 3.35. The van der Waals surface area contributed by atoms with Crippen LogP contribution in [-0.2, 0) is 14.8 Å². The number of carbonyl (C=O) groups is 1. The van der Waals surface area contributed by atoms with Crippen molar-refractivity contribution in [3.8, 4) is 5.75 Å². The Bertz CT molecular complexity index is 642. The van der Waals surface area contributed by atoms with Crippen molar-refractivity contribution in [3.63, 3.8) is 0 Å². The van der Waals surface area contributed by atoms with Gasteiger partial charge in [0.05, 0.1) is 0 Å². The maximum atomic E-state index is 12.4. The second-order valence-corrected chi connectivity index (χ2v) is 6.39. The number of halogens is 3. The van der Waals surface area contributed by atoms with Gasteiger partial charge in [-0.1, -0.05) is 12.1 Å². The molecular weight excluding hydrogens is 327 g/mol. The van der Waals surface area contributed by atoms with Crippen LogP contribution in [0.1, 0.15) is 13.8 Å². The molecule has 0 radical (unpaired) electrons. The van der Waals surface area contributed by atoms with E-state index in [1.807, 2.05) is 0 Å². The van der Waals surface area contributed by atoms with Gasteiger partial charge in [-0.25, -0.2) is 8.42 Å². The van der Waals surface area contributed by atoms with Crippen molar-refractivity contribution in [2.24, 2.45) is 0 Å². The van der Waals surface area contributed by atoms with E-state index in [0.29, 0.717) is 4.31 Å². The third-order valence-corrected chi connectivity index (χ3v) is 4.59. The Morgan fingerprint density at radius 1 is 1.32 bits per heavy atom. The number of hydrogen-bond acceptors (Lipinski definition) is 4. The van der Waals surface area contributed by atoms with E-state index in [2.05, 4.69) is 4.74 Å². The lowest BCUT2D eigenvalue weighted by atomic mass is 10.3. The molecule has 124 valence electrons. The SMILES string of the molecule is CC(C)N(CC(=O)O)S(=O)(=O)c1ccccc1OC(F)(F)F. The Morgan fingerprint density at radius 2 is 1.86 bits per heavy atom. The molecule has 1 N–H and O–H groups in total. The van der Waals surface area contributed by atoms with Crippen molar-refractivity contribution in [2.45, 2.75) is 31.1 Å². The maximum absolute atomic E-state index is 12.4. The average molecular weight is 341 g/mol. The zero-order valence-electron chi connectivity index (χ0n) is 11.7. The molecule has 0 saturated heterocycles. The molecule has 0 fully saturated rings. The number of ether oxygens (including phenoxy) is 1. The Hall–Kier alpha value is -1.81. The largest absolute Gasteiger partial charge is 0.573 e. The highest BCUT2D eigenvalue weighted by molar-refractivity contribution is 7.89. The zero-order chi connectivity index (χ0) is 17.1. The fourth-order valence-corrected chi connectivity index (χ4v) is 3.38. The summed E-state index contributed by atoms with van der Waals surface area (Å²) in [4.78, 5) is 10.0. The molecule has 0 aliphatic carbocycles. The minimum absolute atomic E-state index is 0.577. The number of rotatable bonds is 6. The van der Waals surface area contributed by atoms with Crippen molar-refractivity contribution in [3.05, 3.63) is 24.3 Å². The van der Waals surface area contributed by atoms with Crippen molar-refractivity contribution >= 4 is 16.0 Å². The quantitative estimate of drug-likeness (QED) is 0.856. The lowest BCUT2D eigenvalue weighted by Gasteiger charge is -2.25. The molecule has 1 rings (SSSR count). The van der Waals surface area contributed by atoms with Crippen LogP contribution >= 0.6 is 0 Å². The fraction of sp³-hybridized carbons (Fsp3) is 0.417. The van der Waals surface area contributed by atoms with E-state index in [0.717, 1.165) is 12.1 Å². The van der Waals surface area contributed by atoms with Crippen molar-refractivity contribution < 1.29 is 36.2 Å². The third-order valence-electron chi connectivity index (χ3n) is 2.53. The molecule has 1 aromatic rings. The maximum Gasteiger partial charge on any atom is 0.573 e. The molecule has 0 unspecified atom stereocenters. The summed E-state index contributed by atoms with van der Waals surface area (Å²) < 4.78 is 66.2. The molecule has 0 bridgehead atoms. The third kappa shape index (κ3) is 4.60. The minimum Gasteiger partial charge on any atom is -0.480 e. The van der Waals surface area contributed by atoms with Crippen LogP contribution in [0.5, 0.6) is 5.75 Å². The minimum atomic E-state index is -5.07. The summed E-state index contributed by atoms with van der Waals surface area (Å²) in [7, 11) is -4.47. The molecule has 0 saturated carbocycles. The number of sulfonamides is 1. The smallest absolute Gasteiger partial charge is 0.480 e. The molecule has 0 aromatic heterocycles. The first kappa shape index (κ1) is 18.2. The van der Waals surface area contributed by atoms with Gasteiger partial charge < -0.3 is 9.84 Å². The summed E-state index contributed by atoms with van der Waals surface area (Å²) in [6.45, 7) is 1.95. The number of carboxylic acid groups (broad SMARTS) is 1. The molecule has 0 amide bonds. The van der Waals surface area contributed by atoms with Gasteiger partial charge in [-0.05, 0) is 26.0 Å². The predicted molar refractivity (Wildman–Crippen MR) is 69.8 cm³/mol. The van der Waals surface area contributed by atoms with Crippen molar-refractivity contribution in [2.75, 3.05) is 6.54 Å². The lowest BCUT2D eigenvalue weighted by Crippen LogP contribution is -2.40. The van der Waals surface area contributed by atoms with E-state index in [-0.39, 0.29) is 0 Å². The summed E-state index contributed by atoms with van der Waals surface area (Å²) in [6, 6.07) is 3.40. The first-order valence-electron chi connectivity index (χ1n) is 6.03. The second-order valence-electron chi connectivity index (χ2n) is 4.53. The molecule has 1 aromatic carbocycles. The van der Waals surface area contributed by atoms with Gasteiger partial charge in [0, 0.05) is 6.04 Å². The monoisotopic (exact) mass is 341 g/mol. The summed E-state index contributed by atoms with van der Waals surface area (Å²) >= 11 is 0. The molecule has 6 nitrogen and oxygen atoms in total. The number of benzene rings is 1. The molecule has 0 atom stereocenters. The molecule has 22 heavy (non-hydrogen) atoms. The van der Waals surface area contributed by atoms with Crippen LogP contribution in [0, 0.1) is 0 Å². The first-order valence-corrected chi connectivity index (χ1v) is 7.47. The van der Waals surface area contributed by atoms with Gasteiger partial charge in [-0.3, -0.25) is 4.79 Å². The number of aliphatic carboxylic acids is 1. The molecule has 0 spiro atoms. The summed E-state index contributed by atoms with van der Waals surface area (Å²) in [6.07, 6.45) is -5.07. The average Bonchev–Trinajstić information content (AvgIpc) is 2.33. The van der Waals surface area contributed by atoms with E-state index < -0.39 is 45.6 Å². The van der Waals surface area contributed by atoms with Crippen molar-refractivity contribution in [1.29, 1.82) is 0 Å². The predicted octanol–water partition coefficient (Wildman–Crippen LogP) is 2.07. The second kappa shape index (κ2) is 6.53. The van der Waals surface area contributed by atoms with Crippen LogP contribution in [0.3, 0.4) is 0 Å². The van der Waals surface area contributed by atoms with E-state index in [9.17, 15) is 26.4 Å². The standard InChI is InChI=1S/C12H14F3NO5S/c1-8(2)16(7-11(17)18)22(19,20)10-6-4-3-5-9(10)21-12(13,14)15/h3-6,8H,7H2,1-2H3,(H,17,18). The highest BCUT2D eigenvalue weighted by Gasteiger charge is 2.36. The van der Waals surface area contributed by atoms with E-state index in [1.165, 1.54) is 26.0 Å². The summed E-state index contributed by atoms with van der Waals surface area (Å²) in [5, 5.41) is 8.78. The van der Waals surface area contributed by atoms with Crippen LogP contribution in [0.4, 0.5) is 13.2 Å². The molecule has 0 aliphatic rings. The van der Waals surface area contributed by atoms with E-state index in [4.69, 9.17) is 5.11 Å². The van der Waals surface area contributed by atoms with Gasteiger partial charge in [0.1, 0.15) is 17.2 Å². The Kier molecular flexibility index (Phi) is 5.41. The topological polar surface area (TPSA) is 83.9 Å². The number of nitrogens with zero attached hydrogens (tertiary/aromatic N) is 1. The van der Waals surface area contributed by atoms with Crippen LogP contribution in [0.15, 0.2) is 29.2 Å². The lowest BCUT2D eigenvalue weighted by molar-refractivity contribution is -0.275. The molecule has 10 heteroatoms. The first-order chi connectivity index (χ1) is 9.95. The molecule has 0 heterocycles. The number of carboxylic acids is 1. The zero-order valence-corrected chi connectivity index (χ0v) is 12.5. The van der Waals surface area contributed by atoms with Gasteiger partial charge in [0.25, 0.3) is 0 Å². The van der Waals surface area contributed by atoms with Crippen LogP contribution in [0.25, 0.3) is 0 Å². The normalized spacial score (nSPS) is 12.7. The van der Waals surface area contributed by atoms with Crippen LogP contribution in [0.2, 0.25) is 0 Å². The van der Waals surface area contributed by atoms with Crippen LogP contribution in [-0.4, -0.2) is 42.7 Å². The van der Waals surface area contributed by atoms with Gasteiger partial charge in [0.2, 0.25) is 10.0 Å². The van der Waals surface area contributed by atoms with Crippen LogP contribution < -0.4 is 4.74 Å². The van der Waals surface area contributed by atoms with E-state index >= 15 is 0 Å². The molecular formula is C12H14F3NO5S. The van der Waals surface area contributed by atoms with Gasteiger partial charge >= 0.3 is 12.3 Å². The number of hydrogen-bond donors (Lipinski definition) is 1. The number of para-hydroxylation sites is 1. The Labute approximate surface area is 125 Å². The highest BCUT2D eigenvalue weighted by atomic mass is 32.2. The number of alkyl halides is 3. The van der Waals surface area contributed by atoms with Gasteiger partial charge in [-0.15, -0.1) is 13.2 Å². The van der Waals surface area contributed by atoms with Gasteiger partial charge in [0.15, 0.2) is 0 Å².